The summed E-state index contributed by atoms with van der Waals surface area (Å²) in [5.41, 5.74) is 1.08. The van der Waals surface area contributed by atoms with Crippen molar-refractivity contribution in [2.24, 2.45) is 7.05 Å². The van der Waals surface area contributed by atoms with Crippen molar-refractivity contribution in [3.8, 4) is 0 Å². The fraction of sp³-hybridized carbons (Fsp3) is 0.182. The maximum absolute atomic E-state index is 13.6. The van der Waals surface area contributed by atoms with Gasteiger partial charge in [0.25, 0.3) is 0 Å². The summed E-state index contributed by atoms with van der Waals surface area (Å²) in [5.74, 6) is -0.934. The van der Waals surface area contributed by atoms with E-state index >= 15 is 0 Å². The minimum atomic E-state index is -0.522. The molecule has 4 nitrogen and oxygen atoms in total. The molecular weight excluding hydrogens is 209 g/mol. The van der Waals surface area contributed by atoms with Gasteiger partial charge in [0, 0.05) is 7.05 Å². The van der Waals surface area contributed by atoms with Crippen LogP contribution in [-0.4, -0.2) is 20.8 Å². The Balaban J connectivity index is 2.46. The van der Waals surface area contributed by atoms with E-state index in [9.17, 15) is 9.18 Å². The molecule has 2 aromatic rings. The van der Waals surface area contributed by atoms with Crippen molar-refractivity contribution in [1.82, 2.24) is 15.0 Å². The molecule has 0 spiro atoms. The Morgan fingerprint density at radius 1 is 1.44 bits per heavy atom. The quantitative estimate of drug-likeness (QED) is 0.719. The van der Waals surface area contributed by atoms with Gasteiger partial charge in [-0.15, -0.1) is 5.10 Å². The van der Waals surface area contributed by atoms with E-state index in [-0.39, 0.29) is 11.3 Å². The molecule has 0 saturated heterocycles. The van der Waals surface area contributed by atoms with Crippen molar-refractivity contribution in [1.29, 1.82) is 0 Å². The summed E-state index contributed by atoms with van der Waals surface area (Å²) >= 11 is 0. The van der Waals surface area contributed by atoms with Crippen molar-refractivity contribution in [3.05, 3.63) is 47.0 Å². The molecule has 0 aliphatic heterocycles. The van der Waals surface area contributed by atoms with Crippen molar-refractivity contribution in [3.63, 3.8) is 0 Å². The number of benzene rings is 1. The first-order chi connectivity index (χ1) is 7.59. The summed E-state index contributed by atoms with van der Waals surface area (Å²) in [4.78, 5) is 11.9. The lowest BCUT2D eigenvalue weighted by molar-refractivity contribution is 0.102. The van der Waals surface area contributed by atoms with Crippen LogP contribution in [0.15, 0.2) is 24.4 Å². The number of carbonyl (C=O) groups is 1. The standard InChI is InChI=1S/C11H10FN3O/c1-7-3-4-8(9(12)5-7)11(16)10-6-13-14-15(10)2/h3-6H,1-2H3. The molecule has 1 aromatic carbocycles. The Morgan fingerprint density at radius 3 is 2.75 bits per heavy atom. The molecule has 16 heavy (non-hydrogen) atoms. The van der Waals surface area contributed by atoms with Crippen LogP contribution in [-0.2, 0) is 7.05 Å². The van der Waals surface area contributed by atoms with Crippen LogP contribution in [0, 0.1) is 12.7 Å². The van der Waals surface area contributed by atoms with Crippen LogP contribution in [0.4, 0.5) is 4.39 Å². The maximum atomic E-state index is 13.6. The number of hydrogen-bond acceptors (Lipinski definition) is 3. The molecule has 0 fully saturated rings. The number of halogens is 1. The van der Waals surface area contributed by atoms with Crippen molar-refractivity contribution < 1.29 is 9.18 Å². The van der Waals surface area contributed by atoms with Crippen LogP contribution in [0.3, 0.4) is 0 Å². The van der Waals surface area contributed by atoms with Gasteiger partial charge in [-0.3, -0.25) is 4.79 Å². The second-order valence-electron chi connectivity index (χ2n) is 3.56. The van der Waals surface area contributed by atoms with E-state index in [1.165, 1.54) is 23.0 Å². The Morgan fingerprint density at radius 2 is 2.19 bits per heavy atom. The highest BCUT2D eigenvalue weighted by atomic mass is 19.1. The number of carbonyl (C=O) groups excluding carboxylic acids is 1. The summed E-state index contributed by atoms with van der Waals surface area (Å²) in [7, 11) is 1.59. The summed E-state index contributed by atoms with van der Waals surface area (Å²) in [6.45, 7) is 1.77. The number of ketones is 1. The van der Waals surface area contributed by atoms with E-state index in [4.69, 9.17) is 0 Å². The van der Waals surface area contributed by atoms with E-state index in [0.29, 0.717) is 0 Å². The summed E-state index contributed by atoms with van der Waals surface area (Å²) in [6, 6.07) is 4.50. The molecule has 0 aliphatic carbocycles. The molecule has 0 unspecified atom stereocenters. The largest absolute Gasteiger partial charge is 0.287 e. The van der Waals surface area contributed by atoms with Crippen LogP contribution in [0.25, 0.3) is 0 Å². The van der Waals surface area contributed by atoms with Crippen molar-refractivity contribution >= 4 is 5.78 Å². The lowest BCUT2D eigenvalue weighted by Gasteiger charge is -2.02. The highest BCUT2D eigenvalue weighted by Crippen LogP contribution is 2.13. The Labute approximate surface area is 91.7 Å². The maximum Gasteiger partial charge on any atom is 0.215 e. The van der Waals surface area contributed by atoms with E-state index in [0.717, 1.165) is 5.56 Å². The molecule has 2 rings (SSSR count). The highest BCUT2D eigenvalue weighted by Gasteiger charge is 2.17. The van der Waals surface area contributed by atoms with Crippen LogP contribution >= 0.6 is 0 Å². The molecule has 0 aliphatic rings. The van der Waals surface area contributed by atoms with Gasteiger partial charge in [-0.05, 0) is 24.6 Å². The lowest BCUT2D eigenvalue weighted by Crippen LogP contribution is -2.10. The molecular formula is C11H10FN3O. The smallest absolute Gasteiger partial charge is 0.215 e. The fourth-order valence-corrected chi connectivity index (χ4v) is 1.44. The van der Waals surface area contributed by atoms with Crippen LogP contribution in [0.1, 0.15) is 21.6 Å². The molecule has 0 N–H and O–H groups in total. The molecule has 5 heteroatoms. The Kier molecular flexibility index (Phi) is 2.52. The molecule has 0 bridgehead atoms. The van der Waals surface area contributed by atoms with Gasteiger partial charge >= 0.3 is 0 Å². The van der Waals surface area contributed by atoms with Gasteiger partial charge < -0.3 is 0 Å². The summed E-state index contributed by atoms with van der Waals surface area (Å²) in [6.07, 6.45) is 1.32. The molecule has 0 atom stereocenters. The average molecular weight is 219 g/mol. The van der Waals surface area contributed by atoms with Gasteiger partial charge in [0.05, 0.1) is 11.8 Å². The van der Waals surface area contributed by atoms with E-state index in [1.54, 1.807) is 20.0 Å². The zero-order valence-corrected chi connectivity index (χ0v) is 8.94. The third-order valence-electron chi connectivity index (χ3n) is 2.32. The first-order valence-corrected chi connectivity index (χ1v) is 4.75. The number of rotatable bonds is 2. The zero-order valence-electron chi connectivity index (χ0n) is 8.94. The Bertz CT molecular complexity index is 548. The van der Waals surface area contributed by atoms with Gasteiger partial charge in [-0.1, -0.05) is 11.3 Å². The third-order valence-corrected chi connectivity index (χ3v) is 2.32. The first-order valence-electron chi connectivity index (χ1n) is 4.75. The monoisotopic (exact) mass is 219 g/mol. The highest BCUT2D eigenvalue weighted by molar-refractivity contribution is 6.07. The second-order valence-corrected chi connectivity index (χ2v) is 3.56. The van der Waals surface area contributed by atoms with E-state index in [2.05, 4.69) is 10.3 Å². The van der Waals surface area contributed by atoms with E-state index in [1.807, 2.05) is 0 Å². The number of aryl methyl sites for hydroxylation is 2. The van der Waals surface area contributed by atoms with Crippen LogP contribution < -0.4 is 0 Å². The lowest BCUT2D eigenvalue weighted by atomic mass is 10.1. The van der Waals surface area contributed by atoms with Gasteiger partial charge in [0.15, 0.2) is 0 Å². The summed E-state index contributed by atoms with van der Waals surface area (Å²) in [5, 5.41) is 7.22. The normalized spacial score (nSPS) is 10.4. The van der Waals surface area contributed by atoms with Crippen molar-refractivity contribution in [2.75, 3.05) is 0 Å². The van der Waals surface area contributed by atoms with Crippen LogP contribution in [0.2, 0.25) is 0 Å². The van der Waals surface area contributed by atoms with Gasteiger partial charge in [0.1, 0.15) is 11.5 Å². The topological polar surface area (TPSA) is 47.8 Å². The minimum absolute atomic E-state index is 0.0380. The predicted octanol–water partition coefficient (Wildman–Crippen LogP) is 1.49. The van der Waals surface area contributed by atoms with Gasteiger partial charge in [-0.2, -0.15) is 0 Å². The van der Waals surface area contributed by atoms with Crippen LogP contribution in [0.5, 0.6) is 0 Å². The average Bonchev–Trinajstić information content (AvgIpc) is 2.63. The van der Waals surface area contributed by atoms with E-state index < -0.39 is 11.6 Å². The summed E-state index contributed by atoms with van der Waals surface area (Å²) < 4.78 is 14.9. The molecule has 0 radical (unpaired) electrons. The van der Waals surface area contributed by atoms with Gasteiger partial charge in [-0.25, -0.2) is 9.07 Å². The first kappa shape index (κ1) is 10.5. The predicted molar refractivity (Wildman–Crippen MR) is 55.6 cm³/mol. The zero-order chi connectivity index (χ0) is 11.7. The molecule has 1 aromatic heterocycles. The number of hydrogen-bond donors (Lipinski definition) is 0. The van der Waals surface area contributed by atoms with Crippen molar-refractivity contribution in [2.45, 2.75) is 6.92 Å². The Hall–Kier alpha value is -2.04. The second kappa shape index (κ2) is 3.84. The SMILES string of the molecule is Cc1ccc(C(=O)c2cnnn2C)c(F)c1. The van der Waals surface area contributed by atoms with Gasteiger partial charge in [0.2, 0.25) is 5.78 Å². The third kappa shape index (κ3) is 1.71. The molecule has 0 saturated carbocycles. The molecule has 0 amide bonds. The molecule has 1 heterocycles. The minimum Gasteiger partial charge on any atom is -0.287 e. The fourth-order valence-electron chi connectivity index (χ4n) is 1.44. The number of aromatic nitrogens is 3. The number of nitrogens with zero attached hydrogens (tertiary/aromatic N) is 3. The molecule has 82 valence electrons.